The zero-order chi connectivity index (χ0) is 13.6. The SMILES string of the molecule is CCC(C)N1CC(C(C)(C)C)NCC1(C)C1CC1. The molecule has 2 heteroatoms. The highest BCUT2D eigenvalue weighted by Gasteiger charge is 2.50. The van der Waals surface area contributed by atoms with E-state index < -0.39 is 0 Å². The van der Waals surface area contributed by atoms with Gasteiger partial charge in [0.2, 0.25) is 0 Å². The van der Waals surface area contributed by atoms with Crippen LogP contribution in [0.5, 0.6) is 0 Å². The summed E-state index contributed by atoms with van der Waals surface area (Å²) in [6.45, 7) is 16.7. The molecule has 3 unspecified atom stereocenters. The zero-order valence-corrected chi connectivity index (χ0v) is 13.2. The van der Waals surface area contributed by atoms with Crippen LogP contribution in [0.1, 0.15) is 60.8 Å². The summed E-state index contributed by atoms with van der Waals surface area (Å²) in [7, 11) is 0. The topological polar surface area (TPSA) is 15.3 Å². The van der Waals surface area contributed by atoms with E-state index in [0.29, 0.717) is 23.0 Å². The molecule has 1 aliphatic carbocycles. The normalized spacial score (nSPS) is 36.7. The van der Waals surface area contributed by atoms with E-state index in [1.807, 2.05) is 0 Å². The number of nitrogens with one attached hydrogen (secondary N) is 1. The summed E-state index contributed by atoms with van der Waals surface area (Å²) in [5, 5.41) is 3.84. The van der Waals surface area contributed by atoms with Crippen LogP contribution in [0.3, 0.4) is 0 Å². The molecule has 0 aromatic heterocycles. The second-order valence-corrected chi connectivity index (χ2v) is 7.84. The summed E-state index contributed by atoms with van der Waals surface area (Å²) in [6, 6.07) is 1.33. The predicted octanol–water partition coefficient (Wildman–Crippen LogP) is 3.27. The fourth-order valence-electron chi connectivity index (χ4n) is 3.47. The van der Waals surface area contributed by atoms with Crippen LogP contribution in [0.2, 0.25) is 0 Å². The van der Waals surface area contributed by atoms with Gasteiger partial charge in [-0.1, -0.05) is 27.7 Å². The lowest BCUT2D eigenvalue weighted by molar-refractivity contribution is -0.0173. The first-order valence-electron chi connectivity index (χ1n) is 7.79. The van der Waals surface area contributed by atoms with Crippen LogP contribution in [0, 0.1) is 11.3 Å². The van der Waals surface area contributed by atoms with Crippen molar-refractivity contribution in [1.82, 2.24) is 10.2 Å². The second kappa shape index (κ2) is 4.79. The van der Waals surface area contributed by atoms with E-state index in [1.165, 1.54) is 32.4 Å². The Morgan fingerprint density at radius 1 is 1.33 bits per heavy atom. The van der Waals surface area contributed by atoms with Gasteiger partial charge in [0.05, 0.1) is 0 Å². The van der Waals surface area contributed by atoms with Gasteiger partial charge in [-0.05, 0) is 44.4 Å². The highest BCUT2D eigenvalue weighted by atomic mass is 15.3. The Kier molecular flexibility index (Phi) is 3.81. The van der Waals surface area contributed by atoms with Gasteiger partial charge < -0.3 is 5.32 Å². The molecule has 2 rings (SSSR count). The van der Waals surface area contributed by atoms with Crippen LogP contribution in [-0.4, -0.2) is 35.6 Å². The molecule has 2 aliphatic rings. The van der Waals surface area contributed by atoms with E-state index in [9.17, 15) is 0 Å². The summed E-state index contributed by atoms with van der Waals surface area (Å²) in [4.78, 5) is 2.82. The van der Waals surface area contributed by atoms with Gasteiger partial charge in [-0.15, -0.1) is 0 Å². The van der Waals surface area contributed by atoms with Gasteiger partial charge in [-0.2, -0.15) is 0 Å². The van der Waals surface area contributed by atoms with Gasteiger partial charge >= 0.3 is 0 Å². The molecule has 0 radical (unpaired) electrons. The average Bonchev–Trinajstić information content (AvgIpc) is 3.11. The Bertz CT molecular complexity index is 290. The van der Waals surface area contributed by atoms with Gasteiger partial charge in [0.15, 0.2) is 0 Å². The first-order valence-corrected chi connectivity index (χ1v) is 7.79. The van der Waals surface area contributed by atoms with E-state index in [0.717, 1.165) is 5.92 Å². The van der Waals surface area contributed by atoms with E-state index in [1.54, 1.807) is 0 Å². The largest absolute Gasteiger partial charge is 0.310 e. The maximum absolute atomic E-state index is 3.84. The number of nitrogens with zero attached hydrogens (tertiary/aromatic N) is 1. The Labute approximate surface area is 114 Å². The minimum absolute atomic E-state index is 0.358. The van der Waals surface area contributed by atoms with Crippen LogP contribution in [0.25, 0.3) is 0 Å². The third-order valence-corrected chi connectivity index (χ3v) is 5.37. The molecule has 3 atom stereocenters. The van der Waals surface area contributed by atoms with Gasteiger partial charge in [0.1, 0.15) is 0 Å². The van der Waals surface area contributed by atoms with E-state index >= 15 is 0 Å². The second-order valence-electron chi connectivity index (χ2n) is 7.84. The molecule has 1 saturated heterocycles. The minimum Gasteiger partial charge on any atom is -0.310 e. The summed E-state index contributed by atoms with van der Waals surface area (Å²) in [5.74, 6) is 0.930. The highest BCUT2D eigenvalue weighted by Crippen LogP contribution is 2.45. The number of rotatable bonds is 3. The van der Waals surface area contributed by atoms with Crippen molar-refractivity contribution < 1.29 is 0 Å². The first kappa shape index (κ1) is 14.3. The molecular weight excluding hydrogens is 220 g/mol. The van der Waals surface area contributed by atoms with Crippen molar-refractivity contribution in [2.24, 2.45) is 11.3 Å². The average molecular weight is 252 g/mol. The molecule has 2 fully saturated rings. The molecule has 1 heterocycles. The van der Waals surface area contributed by atoms with Crippen LogP contribution in [-0.2, 0) is 0 Å². The molecule has 1 saturated carbocycles. The Morgan fingerprint density at radius 2 is 1.94 bits per heavy atom. The van der Waals surface area contributed by atoms with Crippen LogP contribution < -0.4 is 5.32 Å². The van der Waals surface area contributed by atoms with E-state index in [4.69, 9.17) is 0 Å². The van der Waals surface area contributed by atoms with Crippen molar-refractivity contribution in [1.29, 1.82) is 0 Å². The number of hydrogen-bond donors (Lipinski definition) is 1. The molecule has 1 aliphatic heterocycles. The molecule has 1 N–H and O–H groups in total. The Hall–Kier alpha value is -0.0800. The molecule has 0 spiro atoms. The van der Waals surface area contributed by atoms with Crippen molar-refractivity contribution in [3.05, 3.63) is 0 Å². The number of piperazine rings is 1. The fourth-order valence-corrected chi connectivity index (χ4v) is 3.47. The van der Waals surface area contributed by atoms with Crippen molar-refractivity contribution >= 4 is 0 Å². The van der Waals surface area contributed by atoms with E-state index in [2.05, 4.69) is 51.8 Å². The maximum Gasteiger partial charge on any atom is 0.0337 e. The fraction of sp³-hybridized carbons (Fsp3) is 1.00. The monoisotopic (exact) mass is 252 g/mol. The Morgan fingerprint density at radius 3 is 2.39 bits per heavy atom. The number of hydrogen-bond acceptors (Lipinski definition) is 2. The highest BCUT2D eigenvalue weighted by molar-refractivity contribution is 5.07. The van der Waals surface area contributed by atoms with Crippen LogP contribution >= 0.6 is 0 Å². The van der Waals surface area contributed by atoms with Crippen LogP contribution in [0.15, 0.2) is 0 Å². The van der Waals surface area contributed by atoms with Crippen molar-refractivity contribution in [2.45, 2.75) is 78.4 Å². The van der Waals surface area contributed by atoms with Crippen molar-refractivity contribution in [3.8, 4) is 0 Å². The molecule has 106 valence electrons. The smallest absolute Gasteiger partial charge is 0.0337 e. The first-order chi connectivity index (χ1) is 8.29. The lowest BCUT2D eigenvalue weighted by Gasteiger charge is -2.53. The summed E-state index contributed by atoms with van der Waals surface area (Å²) in [6.07, 6.45) is 4.13. The quantitative estimate of drug-likeness (QED) is 0.829. The zero-order valence-electron chi connectivity index (χ0n) is 13.2. The molecule has 18 heavy (non-hydrogen) atoms. The van der Waals surface area contributed by atoms with Gasteiger partial charge in [0, 0.05) is 30.7 Å². The lowest BCUT2D eigenvalue weighted by atomic mass is 9.80. The maximum atomic E-state index is 3.84. The van der Waals surface area contributed by atoms with Gasteiger partial charge in [-0.3, -0.25) is 4.90 Å². The molecule has 2 nitrogen and oxygen atoms in total. The van der Waals surface area contributed by atoms with E-state index in [-0.39, 0.29) is 0 Å². The van der Waals surface area contributed by atoms with Gasteiger partial charge in [0.25, 0.3) is 0 Å². The lowest BCUT2D eigenvalue weighted by Crippen LogP contribution is -2.68. The Balaban J connectivity index is 2.15. The standard InChI is InChI=1S/C16H32N2/c1-7-12(2)18-10-14(15(3,4)5)17-11-16(18,6)13-8-9-13/h12-14,17H,7-11H2,1-6H3. The predicted molar refractivity (Wildman–Crippen MR) is 78.8 cm³/mol. The van der Waals surface area contributed by atoms with Crippen molar-refractivity contribution in [3.63, 3.8) is 0 Å². The third-order valence-electron chi connectivity index (χ3n) is 5.37. The minimum atomic E-state index is 0.358. The van der Waals surface area contributed by atoms with Crippen molar-refractivity contribution in [2.75, 3.05) is 13.1 Å². The molecule has 0 aromatic rings. The third kappa shape index (κ3) is 2.60. The summed E-state index contributed by atoms with van der Waals surface area (Å²) >= 11 is 0. The summed E-state index contributed by atoms with van der Waals surface area (Å²) < 4.78 is 0. The molecule has 0 bridgehead atoms. The molecule has 0 amide bonds. The van der Waals surface area contributed by atoms with Gasteiger partial charge in [-0.25, -0.2) is 0 Å². The molecular formula is C16H32N2. The summed E-state index contributed by atoms with van der Waals surface area (Å²) in [5.41, 5.74) is 0.758. The molecule has 0 aromatic carbocycles. The van der Waals surface area contributed by atoms with Crippen LogP contribution in [0.4, 0.5) is 0 Å².